The lowest BCUT2D eigenvalue weighted by Crippen LogP contribution is -2.47. The Labute approximate surface area is 138 Å². The summed E-state index contributed by atoms with van der Waals surface area (Å²) in [4.78, 5) is 3.71. The standard InChI is InChI=1S/C12H18BrClN2OS.ClH/c1-17-9-2-3-16(8(4-9)6-15)7-10-5-11(13)12(14)18-10;/h5,8-9H,2-4,6-7,15H2,1H3;1H. The second kappa shape index (κ2) is 8.17. The van der Waals surface area contributed by atoms with Gasteiger partial charge in [0.05, 0.1) is 6.10 Å². The van der Waals surface area contributed by atoms with Crippen LogP contribution in [0.4, 0.5) is 0 Å². The van der Waals surface area contributed by atoms with Gasteiger partial charge in [-0.15, -0.1) is 23.7 Å². The predicted molar refractivity (Wildman–Crippen MR) is 87.6 cm³/mol. The van der Waals surface area contributed by atoms with Gasteiger partial charge < -0.3 is 10.5 Å². The van der Waals surface area contributed by atoms with Gasteiger partial charge in [-0.3, -0.25) is 4.90 Å². The minimum absolute atomic E-state index is 0. The van der Waals surface area contributed by atoms with E-state index in [1.54, 1.807) is 18.4 Å². The average Bonchev–Trinajstić information content (AvgIpc) is 2.69. The normalized spacial score (nSPS) is 24.2. The Bertz CT molecular complexity index is 386. The Morgan fingerprint density at radius 2 is 2.37 bits per heavy atom. The summed E-state index contributed by atoms with van der Waals surface area (Å²) in [6.45, 7) is 2.64. The van der Waals surface area contributed by atoms with Crippen molar-refractivity contribution in [3.05, 3.63) is 19.8 Å². The van der Waals surface area contributed by atoms with Gasteiger partial charge in [-0.05, 0) is 34.8 Å². The molecule has 1 aliphatic rings. The first-order chi connectivity index (χ1) is 8.63. The largest absolute Gasteiger partial charge is 0.381 e. The molecule has 2 N–H and O–H groups in total. The van der Waals surface area contributed by atoms with Gasteiger partial charge in [0.1, 0.15) is 4.34 Å². The topological polar surface area (TPSA) is 38.5 Å². The fourth-order valence-electron chi connectivity index (χ4n) is 2.40. The molecule has 0 radical (unpaired) electrons. The third kappa shape index (κ3) is 4.56. The molecular weight excluding hydrogens is 371 g/mol. The quantitative estimate of drug-likeness (QED) is 0.855. The van der Waals surface area contributed by atoms with Crippen LogP contribution in [-0.2, 0) is 11.3 Å². The molecule has 2 atom stereocenters. The molecule has 0 spiro atoms. The summed E-state index contributed by atoms with van der Waals surface area (Å²) in [5.74, 6) is 0. The lowest BCUT2D eigenvalue weighted by atomic mass is 9.99. The van der Waals surface area contributed by atoms with Gasteiger partial charge in [-0.25, -0.2) is 0 Å². The van der Waals surface area contributed by atoms with Crippen molar-refractivity contribution in [3.8, 4) is 0 Å². The van der Waals surface area contributed by atoms with E-state index in [9.17, 15) is 0 Å². The first-order valence-corrected chi connectivity index (χ1v) is 8.03. The Morgan fingerprint density at radius 1 is 1.63 bits per heavy atom. The molecule has 0 aromatic carbocycles. The Balaban J connectivity index is 0.00000180. The summed E-state index contributed by atoms with van der Waals surface area (Å²) in [7, 11) is 1.78. The van der Waals surface area contributed by atoms with Crippen LogP contribution in [0, 0.1) is 0 Å². The molecule has 1 fully saturated rings. The summed E-state index contributed by atoms with van der Waals surface area (Å²) < 4.78 is 7.24. The molecule has 1 aliphatic heterocycles. The van der Waals surface area contributed by atoms with E-state index in [0.29, 0.717) is 18.7 Å². The summed E-state index contributed by atoms with van der Waals surface area (Å²) in [5.41, 5.74) is 5.87. The van der Waals surface area contributed by atoms with Crippen molar-refractivity contribution in [2.45, 2.75) is 31.5 Å². The summed E-state index contributed by atoms with van der Waals surface area (Å²) >= 11 is 11.2. The molecule has 0 bridgehead atoms. The van der Waals surface area contributed by atoms with Crippen molar-refractivity contribution >= 4 is 51.3 Å². The number of rotatable bonds is 4. The number of likely N-dealkylation sites (tertiary alicyclic amines) is 1. The van der Waals surface area contributed by atoms with Crippen LogP contribution in [0.2, 0.25) is 4.34 Å². The van der Waals surface area contributed by atoms with Crippen LogP contribution in [0.5, 0.6) is 0 Å². The number of ether oxygens (including phenoxy) is 1. The second-order valence-corrected chi connectivity index (χ2v) is 7.17. The zero-order valence-corrected chi connectivity index (χ0v) is 14.7. The average molecular weight is 390 g/mol. The second-order valence-electron chi connectivity index (χ2n) is 4.58. The van der Waals surface area contributed by atoms with E-state index in [-0.39, 0.29) is 12.4 Å². The molecule has 110 valence electrons. The van der Waals surface area contributed by atoms with Crippen molar-refractivity contribution in [1.82, 2.24) is 4.90 Å². The van der Waals surface area contributed by atoms with Crippen LogP contribution in [0.15, 0.2) is 10.5 Å². The first kappa shape index (κ1) is 17.7. The molecule has 2 unspecified atom stereocenters. The van der Waals surface area contributed by atoms with E-state index in [1.165, 1.54) is 4.88 Å². The molecule has 2 heterocycles. The van der Waals surface area contributed by atoms with Gasteiger partial charge in [-0.1, -0.05) is 11.6 Å². The van der Waals surface area contributed by atoms with Crippen molar-refractivity contribution in [3.63, 3.8) is 0 Å². The lowest BCUT2D eigenvalue weighted by Gasteiger charge is -2.38. The molecule has 1 aromatic heterocycles. The maximum atomic E-state index is 6.07. The number of nitrogens with zero attached hydrogens (tertiary/aromatic N) is 1. The van der Waals surface area contributed by atoms with Crippen LogP contribution in [-0.4, -0.2) is 37.2 Å². The van der Waals surface area contributed by atoms with E-state index in [0.717, 1.165) is 34.7 Å². The minimum Gasteiger partial charge on any atom is -0.381 e. The van der Waals surface area contributed by atoms with E-state index in [2.05, 4.69) is 26.9 Å². The van der Waals surface area contributed by atoms with Gasteiger partial charge in [0.2, 0.25) is 0 Å². The molecule has 0 saturated carbocycles. The Morgan fingerprint density at radius 3 is 2.89 bits per heavy atom. The maximum Gasteiger partial charge on any atom is 0.107 e. The van der Waals surface area contributed by atoms with Crippen molar-refractivity contribution in [2.75, 3.05) is 20.2 Å². The van der Waals surface area contributed by atoms with E-state index >= 15 is 0 Å². The number of thiophene rings is 1. The number of hydrogen-bond acceptors (Lipinski definition) is 4. The Kier molecular flexibility index (Phi) is 7.61. The molecular formula is C12H19BrCl2N2OS. The predicted octanol–water partition coefficient (Wildman–Crippen LogP) is 3.52. The van der Waals surface area contributed by atoms with Crippen LogP contribution in [0.25, 0.3) is 0 Å². The van der Waals surface area contributed by atoms with Gasteiger partial charge in [0.15, 0.2) is 0 Å². The first-order valence-electron chi connectivity index (χ1n) is 6.04. The molecule has 2 rings (SSSR count). The summed E-state index contributed by atoms with van der Waals surface area (Å²) in [5, 5.41) is 0. The highest BCUT2D eigenvalue weighted by Gasteiger charge is 2.27. The molecule has 3 nitrogen and oxygen atoms in total. The number of hydrogen-bond donors (Lipinski definition) is 1. The SMILES string of the molecule is COC1CCN(Cc2cc(Br)c(Cl)s2)C(CN)C1.Cl. The van der Waals surface area contributed by atoms with E-state index in [4.69, 9.17) is 22.1 Å². The van der Waals surface area contributed by atoms with Crippen molar-refractivity contribution in [2.24, 2.45) is 5.73 Å². The highest BCUT2D eigenvalue weighted by atomic mass is 79.9. The smallest absolute Gasteiger partial charge is 0.107 e. The number of methoxy groups -OCH3 is 1. The number of piperidine rings is 1. The fourth-order valence-corrected chi connectivity index (χ4v) is 4.22. The summed E-state index contributed by atoms with van der Waals surface area (Å²) in [6.07, 6.45) is 2.45. The highest BCUT2D eigenvalue weighted by Crippen LogP contribution is 2.33. The monoisotopic (exact) mass is 388 g/mol. The van der Waals surface area contributed by atoms with Crippen LogP contribution >= 0.6 is 51.3 Å². The van der Waals surface area contributed by atoms with Gasteiger partial charge in [0, 0.05) is 42.1 Å². The minimum atomic E-state index is 0. The molecule has 19 heavy (non-hydrogen) atoms. The number of nitrogens with two attached hydrogens (primary N) is 1. The zero-order valence-electron chi connectivity index (χ0n) is 10.8. The third-order valence-corrected chi connectivity index (χ3v) is 5.91. The molecule has 7 heteroatoms. The van der Waals surface area contributed by atoms with E-state index in [1.807, 2.05) is 0 Å². The van der Waals surface area contributed by atoms with Crippen LogP contribution in [0.1, 0.15) is 17.7 Å². The fraction of sp³-hybridized carbons (Fsp3) is 0.667. The van der Waals surface area contributed by atoms with Crippen LogP contribution < -0.4 is 5.73 Å². The molecule has 1 saturated heterocycles. The molecule has 1 aromatic rings. The van der Waals surface area contributed by atoms with Gasteiger partial charge in [0.25, 0.3) is 0 Å². The van der Waals surface area contributed by atoms with Crippen molar-refractivity contribution < 1.29 is 4.74 Å². The maximum absolute atomic E-state index is 6.07. The molecule has 0 amide bonds. The zero-order chi connectivity index (χ0) is 13.1. The molecule has 0 aliphatic carbocycles. The van der Waals surface area contributed by atoms with Crippen LogP contribution in [0.3, 0.4) is 0 Å². The Hall–Kier alpha value is 0.640. The summed E-state index contributed by atoms with van der Waals surface area (Å²) in [6, 6.07) is 2.51. The third-order valence-electron chi connectivity index (χ3n) is 3.45. The van der Waals surface area contributed by atoms with Gasteiger partial charge in [-0.2, -0.15) is 0 Å². The van der Waals surface area contributed by atoms with Crippen molar-refractivity contribution in [1.29, 1.82) is 0 Å². The van der Waals surface area contributed by atoms with Gasteiger partial charge >= 0.3 is 0 Å². The lowest BCUT2D eigenvalue weighted by molar-refractivity contribution is 0.0106. The highest BCUT2D eigenvalue weighted by molar-refractivity contribution is 9.10. The van der Waals surface area contributed by atoms with E-state index < -0.39 is 0 Å². The number of halogens is 3.